The zero-order valence-electron chi connectivity index (χ0n) is 11.5. The fourth-order valence-electron chi connectivity index (χ4n) is 2.55. The van der Waals surface area contributed by atoms with Crippen molar-refractivity contribution in [3.8, 4) is 0 Å². The molecule has 1 aromatic heterocycles. The SMILES string of the molecule is NNC(Cc1ccccc1F)c1cccc2cccnc12. The van der Waals surface area contributed by atoms with E-state index in [2.05, 4.69) is 10.4 Å². The largest absolute Gasteiger partial charge is 0.271 e. The van der Waals surface area contributed by atoms with E-state index in [-0.39, 0.29) is 11.9 Å². The predicted octanol–water partition coefficient (Wildman–Crippen LogP) is 3.12. The van der Waals surface area contributed by atoms with Gasteiger partial charge in [-0.15, -0.1) is 0 Å². The second kappa shape index (κ2) is 5.99. The molecule has 3 aromatic rings. The van der Waals surface area contributed by atoms with Gasteiger partial charge < -0.3 is 0 Å². The van der Waals surface area contributed by atoms with Crippen LogP contribution in [0.3, 0.4) is 0 Å². The van der Waals surface area contributed by atoms with E-state index in [4.69, 9.17) is 5.84 Å². The van der Waals surface area contributed by atoms with E-state index < -0.39 is 0 Å². The van der Waals surface area contributed by atoms with Gasteiger partial charge >= 0.3 is 0 Å². The maximum atomic E-state index is 13.8. The monoisotopic (exact) mass is 281 g/mol. The number of halogens is 1. The first-order valence-electron chi connectivity index (χ1n) is 6.83. The number of hydrogen-bond donors (Lipinski definition) is 2. The van der Waals surface area contributed by atoms with E-state index >= 15 is 0 Å². The lowest BCUT2D eigenvalue weighted by Crippen LogP contribution is -2.30. The summed E-state index contributed by atoms with van der Waals surface area (Å²) in [6, 6.07) is 16.4. The number of pyridine rings is 1. The van der Waals surface area contributed by atoms with Crippen molar-refractivity contribution < 1.29 is 4.39 Å². The fourth-order valence-corrected chi connectivity index (χ4v) is 2.55. The Morgan fingerprint density at radius 1 is 1.05 bits per heavy atom. The highest BCUT2D eigenvalue weighted by molar-refractivity contribution is 5.82. The van der Waals surface area contributed by atoms with E-state index in [1.807, 2.05) is 36.4 Å². The summed E-state index contributed by atoms with van der Waals surface area (Å²) in [7, 11) is 0. The molecule has 0 fully saturated rings. The van der Waals surface area contributed by atoms with E-state index in [0.29, 0.717) is 12.0 Å². The molecule has 3 rings (SSSR count). The molecule has 21 heavy (non-hydrogen) atoms. The van der Waals surface area contributed by atoms with Crippen LogP contribution >= 0.6 is 0 Å². The molecule has 0 bridgehead atoms. The molecule has 4 heteroatoms. The van der Waals surface area contributed by atoms with Gasteiger partial charge in [0.05, 0.1) is 11.6 Å². The van der Waals surface area contributed by atoms with Gasteiger partial charge in [0, 0.05) is 11.6 Å². The van der Waals surface area contributed by atoms with Gasteiger partial charge in [0.25, 0.3) is 0 Å². The maximum Gasteiger partial charge on any atom is 0.126 e. The van der Waals surface area contributed by atoms with Crippen molar-refractivity contribution in [3.63, 3.8) is 0 Å². The Bertz CT molecular complexity index is 752. The summed E-state index contributed by atoms with van der Waals surface area (Å²) in [5, 5.41) is 1.05. The number of rotatable bonds is 4. The van der Waals surface area contributed by atoms with Crippen LogP contribution in [0.2, 0.25) is 0 Å². The van der Waals surface area contributed by atoms with Crippen LogP contribution in [0.1, 0.15) is 17.2 Å². The lowest BCUT2D eigenvalue weighted by Gasteiger charge is -2.18. The average Bonchev–Trinajstić information content (AvgIpc) is 2.54. The number of nitrogens with two attached hydrogens (primary N) is 1. The Balaban J connectivity index is 2.01. The molecule has 0 aliphatic carbocycles. The molecule has 0 saturated carbocycles. The summed E-state index contributed by atoms with van der Waals surface area (Å²) in [6.45, 7) is 0. The molecule has 2 aromatic carbocycles. The van der Waals surface area contributed by atoms with Crippen molar-refractivity contribution in [2.45, 2.75) is 12.5 Å². The number of fused-ring (bicyclic) bond motifs is 1. The normalized spacial score (nSPS) is 12.5. The van der Waals surface area contributed by atoms with Crippen LogP contribution in [0.25, 0.3) is 10.9 Å². The Labute approximate surface area is 122 Å². The van der Waals surface area contributed by atoms with Gasteiger partial charge in [-0.1, -0.05) is 42.5 Å². The highest BCUT2D eigenvalue weighted by atomic mass is 19.1. The number of nitrogens with zero attached hydrogens (tertiary/aromatic N) is 1. The van der Waals surface area contributed by atoms with Crippen LogP contribution in [0.5, 0.6) is 0 Å². The molecule has 3 nitrogen and oxygen atoms in total. The number of aromatic nitrogens is 1. The van der Waals surface area contributed by atoms with Crippen molar-refractivity contribution in [2.24, 2.45) is 5.84 Å². The maximum absolute atomic E-state index is 13.8. The summed E-state index contributed by atoms with van der Waals surface area (Å²) in [5.74, 6) is 5.48. The topological polar surface area (TPSA) is 50.9 Å². The lowest BCUT2D eigenvalue weighted by molar-refractivity contribution is 0.531. The minimum Gasteiger partial charge on any atom is -0.271 e. The Kier molecular flexibility index (Phi) is 3.90. The van der Waals surface area contributed by atoms with Gasteiger partial charge in [0.2, 0.25) is 0 Å². The van der Waals surface area contributed by atoms with Crippen LogP contribution in [0.4, 0.5) is 4.39 Å². The minimum atomic E-state index is -0.217. The van der Waals surface area contributed by atoms with Crippen molar-refractivity contribution >= 4 is 10.9 Å². The second-order valence-electron chi connectivity index (χ2n) is 4.94. The smallest absolute Gasteiger partial charge is 0.126 e. The molecule has 0 spiro atoms. The zero-order chi connectivity index (χ0) is 14.7. The van der Waals surface area contributed by atoms with E-state index in [1.54, 1.807) is 18.3 Å². The molecule has 0 radical (unpaired) electrons. The summed E-state index contributed by atoms with van der Waals surface area (Å²) in [4.78, 5) is 4.42. The number of para-hydroxylation sites is 1. The predicted molar refractivity (Wildman–Crippen MR) is 81.9 cm³/mol. The third-order valence-electron chi connectivity index (χ3n) is 3.62. The Hall–Kier alpha value is -2.30. The van der Waals surface area contributed by atoms with Gasteiger partial charge in [-0.25, -0.2) is 4.39 Å². The average molecular weight is 281 g/mol. The molecule has 0 aliphatic rings. The zero-order valence-corrected chi connectivity index (χ0v) is 11.5. The molecule has 3 N–H and O–H groups in total. The summed E-state index contributed by atoms with van der Waals surface area (Å²) in [5.41, 5.74) is 5.27. The molecular formula is C17H16FN3. The highest BCUT2D eigenvalue weighted by Crippen LogP contribution is 2.25. The van der Waals surface area contributed by atoms with Gasteiger partial charge in [0.15, 0.2) is 0 Å². The molecule has 1 heterocycles. The van der Waals surface area contributed by atoms with Gasteiger partial charge in [-0.05, 0) is 29.7 Å². The Morgan fingerprint density at radius 3 is 2.67 bits per heavy atom. The van der Waals surface area contributed by atoms with Crippen LogP contribution in [0, 0.1) is 5.82 Å². The summed E-state index contributed by atoms with van der Waals surface area (Å²) >= 11 is 0. The number of benzene rings is 2. The van der Waals surface area contributed by atoms with Gasteiger partial charge in [0.1, 0.15) is 5.82 Å². The molecule has 1 atom stereocenters. The quantitative estimate of drug-likeness (QED) is 0.570. The summed E-state index contributed by atoms with van der Waals surface area (Å²) in [6.07, 6.45) is 2.22. The van der Waals surface area contributed by atoms with Crippen molar-refractivity contribution in [1.82, 2.24) is 10.4 Å². The van der Waals surface area contributed by atoms with Crippen molar-refractivity contribution in [1.29, 1.82) is 0 Å². The number of hydrazine groups is 1. The van der Waals surface area contributed by atoms with E-state index in [9.17, 15) is 4.39 Å². The third-order valence-corrected chi connectivity index (χ3v) is 3.62. The van der Waals surface area contributed by atoms with Crippen LogP contribution < -0.4 is 11.3 Å². The first-order chi connectivity index (χ1) is 10.3. The first-order valence-corrected chi connectivity index (χ1v) is 6.83. The van der Waals surface area contributed by atoms with Gasteiger partial charge in [-0.3, -0.25) is 16.3 Å². The third kappa shape index (κ3) is 2.77. The highest BCUT2D eigenvalue weighted by Gasteiger charge is 2.16. The number of nitrogens with one attached hydrogen (secondary N) is 1. The first kappa shape index (κ1) is 13.7. The Morgan fingerprint density at radius 2 is 1.86 bits per heavy atom. The second-order valence-corrected chi connectivity index (χ2v) is 4.94. The fraction of sp³-hybridized carbons (Fsp3) is 0.118. The molecule has 0 amide bonds. The molecule has 1 unspecified atom stereocenters. The van der Waals surface area contributed by atoms with Crippen LogP contribution in [-0.2, 0) is 6.42 Å². The number of hydrogen-bond acceptors (Lipinski definition) is 3. The molecule has 106 valence electrons. The molecule has 0 saturated heterocycles. The summed E-state index contributed by atoms with van der Waals surface area (Å²) < 4.78 is 13.8. The molecular weight excluding hydrogens is 265 g/mol. The van der Waals surface area contributed by atoms with E-state index in [0.717, 1.165) is 16.5 Å². The van der Waals surface area contributed by atoms with Gasteiger partial charge in [-0.2, -0.15) is 0 Å². The van der Waals surface area contributed by atoms with Crippen molar-refractivity contribution in [3.05, 3.63) is 77.7 Å². The molecule has 0 aliphatic heterocycles. The van der Waals surface area contributed by atoms with E-state index in [1.165, 1.54) is 6.07 Å². The standard InChI is InChI=1S/C17H16FN3/c18-15-9-2-1-5-13(15)11-16(21-19)14-8-3-6-12-7-4-10-20-17(12)14/h1-10,16,21H,11,19H2. The lowest BCUT2D eigenvalue weighted by atomic mass is 9.97. The van der Waals surface area contributed by atoms with Crippen LogP contribution in [-0.4, -0.2) is 4.98 Å². The van der Waals surface area contributed by atoms with Crippen molar-refractivity contribution in [2.75, 3.05) is 0 Å². The minimum absolute atomic E-state index is 0.194. The van der Waals surface area contributed by atoms with Crippen LogP contribution in [0.15, 0.2) is 60.8 Å².